The Kier molecular flexibility index (Phi) is 2.71. The van der Waals surface area contributed by atoms with Crippen molar-refractivity contribution in [3.05, 3.63) is 89.5 Å². The van der Waals surface area contributed by atoms with Gasteiger partial charge in [0.15, 0.2) is 0 Å². The predicted octanol–water partition coefficient (Wildman–Crippen LogP) is 3.97. The van der Waals surface area contributed by atoms with Gasteiger partial charge in [0.2, 0.25) is 0 Å². The molecule has 102 valence electrons. The third kappa shape index (κ3) is 1.89. The molecule has 0 N–H and O–H groups in total. The van der Waals surface area contributed by atoms with E-state index < -0.39 is 0 Å². The first-order chi connectivity index (χ1) is 10.3. The third-order valence-corrected chi connectivity index (χ3v) is 3.78. The Morgan fingerprint density at radius 2 is 1.71 bits per heavy atom. The predicted molar refractivity (Wildman–Crippen MR) is 81.5 cm³/mol. The molecular weight excluding hydrogens is 263 g/mol. The first kappa shape index (κ1) is 12.1. The average molecular weight is 276 g/mol. The molecule has 0 atom stereocenters. The summed E-state index contributed by atoms with van der Waals surface area (Å²) in [7, 11) is 0. The van der Waals surface area contributed by atoms with Crippen LogP contribution in [0.4, 0.5) is 4.39 Å². The van der Waals surface area contributed by atoms with E-state index in [-0.39, 0.29) is 5.82 Å². The smallest absolute Gasteiger partial charge is 0.132 e. The normalized spacial score (nSPS) is 13.1. The first-order valence-electron chi connectivity index (χ1n) is 6.90. The molecule has 0 spiro atoms. The number of para-hydroxylation sites is 1. The second-order valence-electron chi connectivity index (χ2n) is 5.04. The van der Waals surface area contributed by atoms with Crippen molar-refractivity contribution in [2.24, 2.45) is 4.99 Å². The largest absolute Gasteiger partial charge is 0.315 e. The van der Waals surface area contributed by atoms with Crippen molar-refractivity contribution in [1.29, 1.82) is 0 Å². The van der Waals surface area contributed by atoms with E-state index in [1.807, 2.05) is 36.5 Å². The molecule has 0 fully saturated rings. The highest BCUT2D eigenvalue weighted by atomic mass is 19.1. The zero-order valence-electron chi connectivity index (χ0n) is 11.3. The molecule has 0 radical (unpaired) electrons. The fourth-order valence-corrected chi connectivity index (χ4v) is 2.79. The second-order valence-corrected chi connectivity index (χ2v) is 5.04. The zero-order chi connectivity index (χ0) is 14.2. The van der Waals surface area contributed by atoms with Crippen molar-refractivity contribution in [1.82, 2.24) is 4.57 Å². The first-order valence-corrected chi connectivity index (χ1v) is 6.90. The van der Waals surface area contributed by atoms with Gasteiger partial charge in [-0.15, -0.1) is 0 Å². The summed E-state index contributed by atoms with van der Waals surface area (Å²) in [4.78, 5) is 4.66. The molecule has 2 heterocycles. The summed E-state index contributed by atoms with van der Waals surface area (Å²) in [5, 5.41) is 0. The molecular formula is C18H13FN2. The summed E-state index contributed by atoms with van der Waals surface area (Å²) in [6, 6.07) is 18.9. The Hall–Kier alpha value is -2.68. The van der Waals surface area contributed by atoms with E-state index in [0.29, 0.717) is 17.8 Å². The Balaban J connectivity index is 1.97. The molecule has 3 aromatic rings. The molecule has 2 nitrogen and oxygen atoms in total. The summed E-state index contributed by atoms with van der Waals surface area (Å²) in [6.45, 7) is 0.557. The minimum Gasteiger partial charge on any atom is -0.315 e. The van der Waals surface area contributed by atoms with Crippen LogP contribution in [-0.2, 0) is 6.54 Å². The molecule has 0 amide bonds. The standard InChI is InChI=1S/C18H13FN2/c19-15-8-3-2-7-14(15)18-17-10-5-11-21(17)16-9-4-1-6-13(16)12-20-18/h1-11H,12H2. The van der Waals surface area contributed by atoms with Crippen molar-refractivity contribution >= 4 is 5.71 Å². The lowest BCUT2D eigenvalue weighted by Crippen LogP contribution is -2.10. The van der Waals surface area contributed by atoms with E-state index in [0.717, 1.165) is 16.9 Å². The Bertz CT molecular complexity index is 846. The fourth-order valence-electron chi connectivity index (χ4n) is 2.79. The molecule has 21 heavy (non-hydrogen) atoms. The zero-order valence-corrected chi connectivity index (χ0v) is 11.3. The quantitative estimate of drug-likeness (QED) is 0.640. The number of halogens is 1. The van der Waals surface area contributed by atoms with Crippen molar-refractivity contribution < 1.29 is 4.39 Å². The highest BCUT2D eigenvalue weighted by Crippen LogP contribution is 2.25. The van der Waals surface area contributed by atoms with E-state index in [9.17, 15) is 4.39 Å². The number of benzene rings is 2. The number of hydrogen-bond acceptors (Lipinski definition) is 1. The van der Waals surface area contributed by atoms with Crippen LogP contribution in [0.5, 0.6) is 0 Å². The van der Waals surface area contributed by atoms with Crippen molar-refractivity contribution in [2.45, 2.75) is 6.54 Å². The molecule has 1 aliphatic rings. The molecule has 1 aliphatic heterocycles. The Labute approximate surface area is 122 Å². The van der Waals surface area contributed by atoms with Gasteiger partial charge in [0.25, 0.3) is 0 Å². The lowest BCUT2D eigenvalue weighted by molar-refractivity contribution is 0.625. The molecule has 2 aromatic carbocycles. The van der Waals surface area contributed by atoms with Crippen LogP contribution in [0.15, 0.2) is 71.9 Å². The summed E-state index contributed by atoms with van der Waals surface area (Å²) in [6.07, 6.45) is 2.00. The molecule has 4 rings (SSSR count). The van der Waals surface area contributed by atoms with Crippen LogP contribution in [0.2, 0.25) is 0 Å². The maximum absolute atomic E-state index is 14.1. The van der Waals surface area contributed by atoms with E-state index in [2.05, 4.69) is 21.7 Å². The molecule has 0 saturated heterocycles. The van der Waals surface area contributed by atoms with Gasteiger partial charge < -0.3 is 4.57 Å². The fraction of sp³-hybridized carbons (Fsp3) is 0.0556. The SMILES string of the molecule is Fc1ccccc1C1=NCc2ccccc2-n2cccc21. The number of rotatable bonds is 1. The van der Waals surface area contributed by atoms with Gasteiger partial charge in [0.1, 0.15) is 5.82 Å². The van der Waals surface area contributed by atoms with Crippen LogP contribution >= 0.6 is 0 Å². The summed E-state index contributed by atoms with van der Waals surface area (Å²) in [5.74, 6) is -0.241. The van der Waals surface area contributed by atoms with Crippen LogP contribution in [0.1, 0.15) is 16.8 Å². The highest BCUT2D eigenvalue weighted by molar-refractivity contribution is 6.12. The van der Waals surface area contributed by atoms with E-state index in [1.165, 1.54) is 6.07 Å². The number of nitrogens with zero attached hydrogens (tertiary/aromatic N) is 2. The summed E-state index contributed by atoms with van der Waals surface area (Å²) in [5.41, 5.74) is 4.42. The van der Waals surface area contributed by atoms with E-state index in [1.54, 1.807) is 12.1 Å². The maximum atomic E-state index is 14.1. The number of aromatic nitrogens is 1. The van der Waals surface area contributed by atoms with Crippen LogP contribution in [0.3, 0.4) is 0 Å². The van der Waals surface area contributed by atoms with Gasteiger partial charge in [-0.2, -0.15) is 0 Å². The van der Waals surface area contributed by atoms with Crippen LogP contribution in [-0.4, -0.2) is 10.3 Å². The molecule has 0 aliphatic carbocycles. The average Bonchev–Trinajstić information content (AvgIpc) is 2.93. The van der Waals surface area contributed by atoms with E-state index in [4.69, 9.17) is 0 Å². The highest BCUT2D eigenvalue weighted by Gasteiger charge is 2.19. The van der Waals surface area contributed by atoms with E-state index >= 15 is 0 Å². The summed E-state index contributed by atoms with van der Waals surface area (Å²) >= 11 is 0. The monoisotopic (exact) mass is 276 g/mol. The van der Waals surface area contributed by atoms with Crippen molar-refractivity contribution in [3.8, 4) is 5.69 Å². The van der Waals surface area contributed by atoms with Crippen LogP contribution < -0.4 is 0 Å². The van der Waals surface area contributed by atoms with Crippen molar-refractivity contribution in [3.63, 3.8) is 0 Å². The lowest BCUT2D eigenvalue weighted by atomic mass is 10.1. The topological polar surface area (TPSA) is 17.3 Å². The van der Waals surface area contributed by atoms with Gasteiger partial charge >= 0.3 is 0 Å². The van der Waals surface area contributed by atoms with Gasteiger partial charge in [0, 0.05) is 11.8 Å². The van der Waals surface area contributed by atoms with Gasteiger partial charge in [-0.1, -0.05) is 30.3 Å². The van der Waals surface area contributed by atoms with Gasteiger partial charge in [0.05, 0.1) is 23.6 Å². The molecule has 1 aromatic heterocycles. The third-order valence-electron chi connectivity index (χ3n) is 3.78. The van der Waals surface area contributed by atoms with Crippen LogP contribution in [0.25, 0.3) is 5.69 Å². The van der Waals surface area contributed by atoms with Gasteiger partial charge in [-0.05, 0) is 35.9 Å². The maximum Gasteiger partial charge on any atom is 0.132 e. The van der Waals surface area contributed by atoms with Gasteiger partial charge in [-0.3, -0.25) is 4.99 Å². The summed E-state index contributed by atoms with van der Waals surface area (Å²) < 4.78 is 16.2. The number of hydrogen-bond donors (Lipinski definition) is 0. The van der Waals surface area contributed by atoms with Gasteiger partial charge in [-0.25, -0.2) is 4.39 Å². The van der Waals surface area contributed by atoms with Crippen molar-refractivity contribution in [2.75, 3.05) is 0 Å². The minimum atomic E-state index is -0.241. The Morgan fingerprint density at radius 3 is 2.62 bits per heavy atom. The number of fused-ring (bicyclic) bond motifs is 3. The molecule has 0 saturated carbocycles. The molecule has 0 bridgehead atoms. The molecule has 0 unspecified atom stereocenters. The lowest BCUT2D eigenvalue weighted by Gasteiger charge is -2.11. The molecule has 3 heteroatoms. The Morgan fingerprint density at radius 1 is 0.905 bits per heavy atom. The minimum absolute atomic E-state index is 0.241. The van der Waals surface area contributed by atoms with Crippen LogP contribution in [0, 0.1) is 5.82 Å². The second kappa shape index (κ2) is 4.70. The number of aliphatic imine (C=N–C) groups is 1.